The minimum Gasteiger partial charge on any atom is -0.449 e. The number of amides is 3. The summed E-state index contributed by atoms with van der Waals surface area (Å²) in [6.07, 6.45) is -0.926. The Kier molecular flexibility index (Phi) is 5.02. The summed E-state index contributed by atoms with van der Waals surface area (Å²) < 4.78 is 5.19. The van der Waals surface area contributed by atoms with Crippen LogP contribution in [0.15, 0.2) is 60.7 Å². The summed E-state index contributed by atoms with van der Waals surface area (Å²) in [5, 5.41) is 1.48. The Balaban J connectivity index is 1.61. The van der Waals surface area contributed by atoms with Crippen LogP contribution >= 0.6 is 0 Å². The van der Waals surface area contributed by atoms with Crippen molar-refractivity contribution in [2.45, 2.75) is 13.0 Å². The molecule has 0 bridgehead atoms. The van der Waals surface area contributed by atoms with E-state index in [9.17, 15) is 19.2 Å². The second-order valence-corrected chi connectivity index (χ2v) is 7.48. The van der Waals surface area contributed by atoms with Crippen LogP contribution in [0.4, 0.5) is 5.69 Å². The van der Waals surface area contributed by atoms with Crippen molar-refractivity contribution in [3.8, 4) is 0 Å². The summed E-state index contributed by atoms with van der Waals surface area (Å²) >= 11 is 0. The number of benzene rings is 3. The van der Waals surface area contributed by atoms with Gasteiger partial charge < -0.3 is 9.64 Å². The number of carbonyl (C=O) groups excluding carboxylic acids is 4. The van der Waals surface area contributed by atoms with Crippen molar-refractivity contribution in [2.24, 2.45) is 0 Å². The van der Waals surface area contributed by atoms with Gasteiger partial charge in [-0.25, -0.2) is 9.69 Å². The third kappa shape index (κ3) is 3.44. The van der Waals surface area contributed by atoms with Gasteiger partial charge in [0.05, 0.1) is 11.3 Å². The quantitative estimate of drug-likeness (QED) is 0.481. The lowest BCUT2D eigenvalue weighted by Gasteiger charge is -2.27. The Hall–Kier alpha value is -4.00. The molecule has 1 atom stereocenters. The van der Waals surface area contributed by atoms with Crippen molar-refractivity contribution >= 4 is 40.2 Å². The molecule has 0 saturated heterocycles. The first-order valence-electron chi connectivity index (χ1n) is 9.72. The molecule has 3 aromatic carbocycles. The van der Waals surface area contributed by atoms with Gasteiger partial charge in [-0.1, -0.05) is 24.3 Å². The molecule has 0 saturated carbocycles. The van der Waals surface area contributed by atoms with E-state index in [1.165, 1.54) is 36.1 Å². The summed E-state index contributed by atoms with van der Waals surface area (Å²) in [5.74, 6) is -1.84. The maximum atomic E-state index is 13.1. The zero-order chi connectivity index (χ0) is 22.3. The lowest BCUT2D eigenvalue weighted by Crippen LogP contribution is -2.40. The topological polar surface area (TPSA) is 84.0 Å². The lowest BCUT2D eigenvalue weighted by atomic mass is 9.94. The Morgan fingerprint density at radius 1 is 0.871 bits per heavy atom. The fourth-order valence-electron chi connectivity index (χ4n) is 3.65. The standard InChI is InChI=1S/C24H20N2O5/c1-14(21(27)25(2)3)31-24(30)16-10-12-17(13-11-16)26-22(28)18-8-4-6-15-7-5-9-19(20(15)18)23(26)29/h4-14H,1-3H3/t14-/m0/s1. The highest BCUT2D eigenvalue weighted by atomic mass is 16.5. The van der Waals surface area contributed by atoms with Gasteiger partial charge in [0.2, 0.25) is 0 Å². The molecule has 7 nitrogen and oxygen atoms in total. The molecular formula is C24H20N2O5. The molecule has 156 valence electrons. The molecule has 0 radical (unpaired) electrons. The molecule has 0 spiro atoms. The molecule has 1 heterocycles. The highest BCUT2D eigenvalue weighted by molar-refractivity contribution is 6.35. The lowest BCUT2D eigenvalue weighted by molar-refractivity contribution is -0.137. The van der Waals surface area contributed by atoms with Crippen LogP contribution in [-0.4, -0.2) is 48.8 Å². The molecule has 3 aromatic rings. The molecule has 4 rings (SSSR count). The number of anilines is 1. The number of imide groups is 1. The van der Waals surface area contributed by atoms with Crippen LogP contribution < -0.4 is 4.90 Å². The number of esters is 1. The molecule has 3 amide bonds. The summed E-state index contributed by atoms with van der Waals surface area (Å²) in [6.45, 7) is 1.50. The normalized spacial score (nSPS) is 13.8. The van der Waals surface area contributed by atoms with E-state index in [-0.39, 0.29) is 11.5 Å². The highest BCUT2D eigenvalue weighted by Crippen LogP contribution is 2.32. The summed E-state index contributed by atoms with van der Waals surface area (Å²) in [6, 6.07) is 16.6. The monoisotopic (exact) mass is 416 g/mol. The Labute approximate surface area is 178 Å². The van der Waals surface area contributed by atoms with E-state index in [4.69, 9.17) is 4.74 Å². The van der Waals surface area contributed by atoms with Gasteiger partial charge in [-0.3, -0.25) is 14.4 Å². The predicted octanol–water partition coefficient (Wildman–Crippen LogP) is 3.27. The zero-order valence-corrected chi connectivity index (χ0v) is 17.3. The van der Waals surface area contributed by atoms with Crippen molar-refractivity contribution < 1.29 is 23.9 Å². The average molecular weight is 416 g/mol. The first-order chi connectivity index (χ1) is 14.8. The van der Waals surface area contributed by atoms with Crippen LogP contribution in [0.2, 0.25) is 0 Å². The number of hydrogen-bond acceptors (Lipinski definition) is 5. The molecular weight excluding hydrogens is 396 g/mol. The van der Waals surface area contributed by atoms with Crippen LogP contribution in [0.25, 0.3) is 10.8 Å². The second kappa shape index (κ2) is 7.68. The van der Waals surface area contributed by atoms with E-state index in [1.54, 1.807) is 38.4 Å². The fourth-order valence-corrected chi connectivity index (χ4v) is 3.65. The Bertz CT molecular complexity index is 1180. The first-order valence-corrected chi connectivity index (χ1v) is 9.72. The van der Waals surface area contributed by atoms with E-state index in [0.717, 1.165) is 10.3 Å². The maximum absolute atomic E-state index is 13.1. The van der Waals surface area contributed by atoms with Gasteiger partial charge in [0.25, 0.3) is 17.7 Å². The van der Waals surface area contributed by atoms with Gasteiger partial charge in [-0.15, -0.1) is 0 Å². The SMILES string of the molecule is C[C@H](OC(=O)c1ccc(N2C(=O)c3cccc4cccc(c34)C2=O)cc1)C(=O)N(C)C. The van der Waals surface area contributed by atoms with E-state index < -0.39 is 23.9 Å². The van der Waals surface area contributed by atoms with E-state index in [2.05, 4.69) is 0 Å². The fraction of sp³-hybridized carbons (Fsp3) is 0.167. The smallest absolute Gasteiger partial charge is 0.338 e. The molecule has 7 heteroatoms. The van der Waals surface area contributed by atoms with Crippen molar-refractivity contribution in [3.63, 3.8) is 0 Å². The van der Waals surface area contributed by atoms with Crippen molar-refractivity contribution in [3.05, 3.63) is 77.4 Å². The molecule has 31 heavy (non-hydrogen) atoms. The largest absolute Gasteiger partial charge is 0.449 e. The first kappa shape index (κ1) is 20.3. The number of ether oxygens (including phenoxy) is 1. The number of nitrogens with zero attached hydrogens (tertiary/aromatic N) is 2. The summed E-state index contributed by atoms with van der Waals surface area (Å²) in [7, 11) is 3.15. The molecule has 0 fully saturated rings. The van der Waals surface area contributed by atoms with Crippen molar-refractivity contribution in [1.29, 1.82) is 0 Å². The molecule has 0 aromatic heterocycles. The highest BCUT2D eigenvalue weighted by Gasteiger charge is 2.33. The van der Waals surface area contributed by atoms with E-state index >= 15 is 0 Å². The number of carbonyl (C=O) groups is 4. The van der Waals surface area contributed by atoms with Gasteiger partial charge in [0, 0.05) is 30.6 Å². The number of rotatable bonds is 4. The van der Waals surface area contributed by atoms with Crippen LogP contribution in [0.1, 0.15) is 38.0 Å². The van der Waals surface area contributed by atoms with Gasteiger partial charge in [0.15, 0.2) is 6.10 Å². The van der Waals surface area contributed by atoms with E-state index in [0.29, 0.717) is 22.2 Å². The van der Waals surface area contributed by atoms with E-state index in [1.807, 2.05) is 12.1 Å². The average Bonchev–Trinajstić information content (AvgIpc) is 2.77. The Morgan fingerprint density at radius 2 is 1.42 bits per heavy atom. The van der Waals surface area contributed by atoms with Crippen molar-refractivity contribution in [1.82, 2.24) is 4.90 Å². The maximum Gasteiger partial charge on any atom is 0.338 e. The number of likely N-dealkylation sites (N-methyl/N-ethyl adjacent to an activating group) is 1. The molecule has 0 aliphatic carbocycles. The molecule has 0 unspecified atom stereocenters. The minimum absolute atomic E-state index is 0.210. The summed E-state index contributed by atoms with van der Waals surface area (Å²) in [4.78, 5) is 52.9. The third-order valence-electron chi connectivity index (χ3n) is 5.21. The van der Waals surface area contributed by atoms with Gasteiger partial charge in [-0.05, 0) is 48.7 Å². The molecule has 1 aliphatic rings. The summed E-state index contributed by atoms with van der Waals surface area (Å²) in [5.41, 5.74) is 1.46. The van der Waals surface area contributed by atoms with Crippen LogP contribution in [0.5, 0.6) is 0 Å². The van der Waals surface area contributed by atoms with Crippen molar-refractivity contribution in [2.75, 3.05) is 19.0 Å². The van der Waals surface area contributed by atoms with Gasteiger partial charge in [-0.2, -0.15) is 0 Å². The Morgan fingerprint density at radius 3 is 1.94 bits per heavy atom. The zero-order valence-electron chi connectivity index (χ0n) is 17.3. The van der Waals surface area contributed by atoms with Crippen LogP contribution in [-0.2, 0) is 9.53 Å². The van der Waals surface area contributed by atoms with Gasteiger partial charge >= 0.3 is 5.97 Å². The predicted molar refractivity (Wildman–Crippen MR) is 115 cm³/mol. The molecule has 1 aliphatic heterocycles. The van der Waals surface area contributed by atoms with Crippen LogP contribution in [0.3, 0.4) is 0 Å². The van der Waals surface area contributed by atoms with Gasteiger partial charge in [0.1, 0.15) is 0 Å². The molecule has 0 N–H and O–H groups in total. The minimum atomic E-state index is -0.926. The van der Waals surface area contributed by atoms with Crippen LogP contribution in [0, 0.1) is 0 Å². The third-order valence-corrected chi connectivity index (χ3v) is 5.21. The second-order valence-electron chi connectivity index (χ2n) is 7.48. The number of hydrogen-bond donors (Lipinski definition) is 0.